The summed E-state index contributed by atoms with van der Waals surface area (Å²) in [5, 5.41) is 3.46. The number of rotatable bonds is 5. The molecule has 2 heteroatoms. The molecule has 1 unspecified atom stereocenters. The Morgan fingerprint density at radius 1 is 1.38 bits per heavy atom. The molecule has 1 atom stereocenters. The normalized spacial score (nSPS) is 13.5. The molecule has 1 aromatic heterocycles. The Bertz CT molecular complexity index is 216. The Morgan fingerprint density at radius 3 is 2.69 bits per heavy atom. The fraction of sp³-hybridized carbons (Fsp3) is 0.636. The van der Waals surface area contributed by atoms with E-state index in [-0.39, 0.29) is 0 Å². The molecule has 0 aliphatic rings. The maximum atomic E-state index is 5.24. The van der Waals surface area contributed by atoms with E-state index >= 15 is 0 Å². The molecule has 13 heavy (non-hydrogen) atoms. The molecule has 0 saturated carbocycles. The number of nitrogens with one attached hydrogen (secondary N) is 1. The van der Waals surface area contributed by atoms with Gasteiger partial charge in [-0.1, -0.05) is 13.8 Å². The van der Waals surface area contributed by atoms with Gasteiger partial charge in [-0.2, -0.15) is 0 Å². The average molecular weight is 181 g/mol. The van der Waals surface area contributed by atoms with Crippen molar-refractivity contribution in [2.75, 3.05) is 6.54 Å². The zero-order valence-corrected chi connectivity index (χ0v) is 8.71. The fourth-order valence-electron chi connectivity index (χ4n) is 1.11. The van der Waals surface area contributed by atoms with Gasteiger partial charge in [-0.15, -0.1) is 0 Å². The first-order valence-corrected chi connectivity index (χ1v) is 4.96. The van der Waals surface area contributed by atoms with Crippen molar-refractivity contribution < 1.29 is 4.42 Å². The van der Waals surface area contributed by atoms with E-state index in [1.165, 1.54) is 0 Å². The second-order valence-corrected chi connectivity index (χ2v) is 3.82. The Labute approximate surface area is 80.3 Å². The first kappa shape index (κ1) is 10.3. The molecule has 0 aliphatic heterocycles. The molecule has 0 spiro atoms. The van der Waals surface area contributed by atoms with E-state index in [9.17, 15) is 0 Å². The van der Waals surface area contributed by atoms with Crippen LogP contribution >= 0.6 is 0 Å². The van der Waals surface area contributed by atoms with E-state index in [4.69, 9.17) is 4.42 Å². The van der Waals surface area contributed by atoms with Crippen LogP contribution in [0.2, 0.25) is 0 Å². The van der Waals surface area contributed by atoms with Gasteiger partial charge in [-0.3, -0.25) is 0 Å². The van der Waals surface area contributed by atoms with Crippen LogP contribution in [0.4, 0.5) is 0 Å². The molecule has 0 amide bonds. The van der Waals surface area contributed by atoms with E-state index in [1.807, 2.05) is 12.1 Å². The quantitative estimate of drug-likeness (QED) is 0.754. The van der Waals surface area contributed by atoms with E-state index in [1.54, 1.807) is 6.26 Å². The molecule has 0 radical (unpaired) electrons. The van der Waals surface area contributed by atoms with Gasteiger partial charge in [-0.05, 0) is 25.0 Å². The molecule has 1 aromatic rings. The maximum Gasteiger partial charge on any atom is 0.105 e. The van der Waals surface area contributed by atoms with Gasteiger partial charge < -0.3 is 9.73 Å². The minimum atomic E-state index is 0.579. The highest BCUT2D eigenvalue weighted by molar-refractivity contribution is 4.98. The van der Waals surface area contributed by atoms with E-state index in [2.05, 4.69) is 26.1 Å². The molecular weight excluding hydrogens is 162 g/mol. The SMILES string of the molecule is CC(C)C(C)NCCc1ccco1. The first-order chi connectivity index (χ1) is 6.20. The lowest BCUT2D eigenvalue weighted by Gasteiger charge is -2.16. The van der Waals surface area contributed by atoms with Gasteiger partial charge >= 0.3 is 0 Å². The summed E-state index contributed by atoms with van der Waals surface area (Å²) >= 11 is 0. The van der Waals surface area contributed by atoms with Crippen molar-refractivity contribution in [3.05, 3.63) is 24.2 Å². The zero-order chi connectivity index (χ0) is 9.68. The Hall–Kier alpha value is -0.760. The second-order valence-electron chi connectivity index (χ2n) is 3.82. The van der Waals surface area contributed by atoms with E-state index in [0.29, 0.717) is 12.0 Å². The Kier molecular flexibility index (Phi) is 4.03. The fourth-order valence-corrected chi connectivity index (χ4v) is 1.11. The summed E-state index contributed by atoms with van der Waals surface area (Å²) in [5.41, 5.74) is 0. The van der Waals surface area contributed by atoms with Crippen molar-refractivity contribution in [2.45, 2.75) is 33.2 Å². The highest BCUT2D eigenvalue weighted by atomic mass is 16.3. The largest absolute Gasteiger partial charge is 0.469 e. The second kappa shape index (κ2) is 5.07. The molecule has 0 fully saturated rings. The zero-order valence-electron chi connectivity index (χ0n) is 8.71. The molecule has 0 saturated heterocycles. The third-order valence-electron chi connectivity index (χ3n) is 2.42. The Morgan fingerprint density at radius 2 is 2.15 bits per heavy atom. The topological polar surface area (TPSA) is 25.2 Å². The first-order valence-electron chi connectivity index (χ1n) is 4.96. The van der Waals surface area contributed by atoms with Crippen LogP contribution in [0, 0.1) is 5.92 Å². The van der Waals surface area contributed by atoms with Crippen LogP contribution in [-0.4, -0.2) is 12.6 Å². The average Bonchev–Trinajstić information content (AvgIpc) is 2.56. The standard InChI is InChI=1S/C11H19NO/c1-9(2)10(3)12-7-6-11-5-4-8-13-11/h4-5,8-10,12H,6-7H2,1-3H3. The molecule has 1 N–H and O–H groups in total. The van der Waals surface area contributed by atoms with Gasteiger partial charge in [0.1, 0.15) is 5.76 Å². The summed E-state index contributed by atoms with van der Waals surface area (Å²) in [7, 11) is 0. The van der Waals surface area contributed by atoms with Crippen LogP contribution in [0.1, 0.15) is 26.5 Å². The minimum Gasteiger partial charge on any atom is -0.469 e. The summed E-state index contributed by atoms with van der Waals surface area (Å²) in [5.74, 6) is 1.75. The van der Waals surface area contributed by atoms with Crippen molar-refractivity contribution in [1.82, 2.24) is 5.32 Å². The predicted octanol–water partition coefficient (Wildman–Crippen LogP) is 2.46. The third kappa shape index (κ3) is 3.64. The summed E-state index contributed by atoms with van der Waals surface area (Å²) in [6.07, 6.45) is 2.70. The molecular formula is C11H19NO. The number of hydrogen-bond donors (Lipinski definition) is 1. The highest BCUT2D eigenvalue weighted by Crippen LogP contribution is 2.02. The summed E-state index contributed by atoms with van der Waals surface area (Å²) in [6.45, 7) is 7.66. The van der Waals surface area contributed by atoms with Gasteiger partial charge in [0, 0.05) is 19.0 Å². The summed E-state index contributed by atoms with van der Waals surface area (Å²) < 4.78 is 5.24. The van der Waals surface area contributed by atoms with Crippen molar-refractivity contribution in [1.29, 1.82) is 0 Å². The van der Waals surface area contributed by atoms with Crippen molar-refractivity contribution in [3.63, 3.8) is 0 Å². The lowest BCUT2D eigenvalue weighted by Crippen LogP contribution is -2.32. The molecule has 0 aromatic carbocycles. The van der Waals surface area contributed by atoms with Crippen molar-refractivity contribution in [2.24, 2.45) is 5.92 Å². The Balaban J connectivity index is 2.14. The van der Waals surface area contributed by atoms with Gasteiger partial charge in [0.05, 0.1) is 6.26 Å². The van der Waals surface area contributed by atoms with Crippen LogP contribution in [0.5, 0.6) is 0 Å². The van der Waals surface area contributed by atoms with Crippen LogP contribution in [0.25, 0.3) is 0 Å². The van der Waals surface area contributed by atoms with Crippen molar-refractivity contribution in [3.8, 4) is 0 Å². The lowest BCUT2D eigenvalue weighted by molar-refractivity contribution is 0.417. The smallest absolute Gasteiger partial charge is 0.105 e. The molecule has 0 aliphatic carbocycles. The van der Waals surface area contributed by atoms with Crippen molar-refractivity contribution >= 4 is 0 Å². The van der Waals surface area contributed by atoms with Gasteiger partial charge in [0.25, 0.3) is 0 Å². The van der Waals surface area contributed by atoms with Crippen LogP contribution in [-0.2, 0) is 6.42 Å². The molecule has 2 nitrogen and oxygen atoms in total. The number of furan rings is 1. The van der Waals surface area contributed by atoms with Crippen LogP contribution in [0.15, 0.2) is 22.8 Å². The minimum absolute atomic E-state index is 0.579. The molecule has 1 rings (SSSR count). The molecule has 1 heterocycles. The van der Waals surface area contributed by atoms with Gasteiger partial charge in [0.15, 0.2) is 0 Å². The van der Waals surface area contributed by atoms with Gasteiger partial charge in [-0.25, -0.2) is 0 Å². The number of hydrogen-bond acceptors (Lipinski definition) is 2. The van der Waals surface area contributed by atoms with Gasteiger partial charge in [0.2, 0.25) is 0 Å². The predicted molar refractivity (Wildman–Crippen MR) is 54.7 cm³/mol. The molecule has 0 bridgehead atoms. The maximum absolute atomic E-state index is 5.24. The van der Waals surface area contributed by atoms with Crippen LogP contribution < -0.4 is 5.32 Å². The van der Waals surface area contributed by atoms with Crippen LogP contribution in [0.3, 0.4) is 0 Å². The van der Waals surface area contributed by atoms with E-state index in [0.717, 1.165) is 18.7 Å². The summed E-state index contributed by atoms with van der Waals surface area (Å²) in [4.78, 5) is 0. The lowest BCUT2D eigenvalue weighted by atomic mass is 10.1. The third-order valence-corrected chi connectivity index (χ3v) is 2.42. The molecule has 74 valence electrons. The van der Waals surface area contributed by atoms with E-state index < -0.39 is 0 Å². The summed E-state index contributed by atoms with van der Waals surface area (Å²) in [6, 6.07) is 4.53. The monoisotopic (exact) mass is 181 g/mol. The highest BCUT2D eigenvalue weighted by Gasteiger charge is 2.05.